The van der Waals surface area contributed by atoms with Gasteiger partial charge in [-0.15, -0.1) is 11.6 Å². The fourth-order valence-corrected chi connectivity index (χ4v) is 1.30. The van der Waals surface area contributed by atoms with Crippen molar-refractivity contribution in [2.75, 3.05) is 12.5 Å². The third kappa shape index (κ3) is 3.18. The quantitative estimate of drug-likeness (QED) is 0.541. The Morgan fingerprint density at radius 1 is 1.36 bits per heavy atom. The number of hydrogen-bond donors (Lipinski definition) is 0. The molecule has 0 spiro atoms. The summed E-state index contributed by atoms with van der Waals surface area (Å²) < 4.78 is 18.6. The van der Waals surface area contributed by atoms with Gasteiger partial charge in [0.05, 0.1) is 6.61 Å². The maximum atomic E-state index is 13.4. The number of halogens is 2. The van der Waals surface area contributed by atoms with Crippen LogP contribution in [-0.4, -0.2) is 12.5 Å². The summed E-state index contributed by atoms with van der Waals surface area (Å²) in [5, 5.41) is 0. The highest BCUT2D eigenvalue weighted by Crippen LogP contribution is 2.19. The average molecular weight is 217 g/mol. The molecule has 0 aliphatic heterocycles. The van der Waals surface area contributed by atoms with Crippen LogP contribution in [0.25, 0.3) is 0 Å². The molecule has 1 aromatic rings. The maximum Gasteiger partial charge on any atom is 0.167 e. The van der Waals surface area contributed by atoms with E-state index >= 15 is 0 Å². The largest absolute Gasteiger partial charge is 0.491 e. The highest BCUT2D eigenvalue weighted by Gasteiger charge is 2.04. The Morgan fingerprint density at radius 3 is 2.86 bits per heavy atom. The number of unbranched alkanes of at least 4 members (excludes halogenated alkanes) is 1. The Morgan fingerprint density at radius 2 is 2.14 bits per heavy atom. The average Bonchev–Trinajstić information content (AvgIpc) is 2.19. The monoisotopic (exact) mass is 216 g/mol. The normalized spacial score (nSPS) is 10.2. The second-order valence-electron chi connectivity index (χ2n) is 3.13. The maximum absolute atomic E-state index is 13.4. The van der Waals surface area contributed by atoms with Crippen LogP contribution in [0, 0.1) is 12.7 Å². The molecule has 0 heterocycles. The molecule has 3 heteroatoms. The van der Waals surface area contributed by atoms with Crippen LogP contribution in [0.4, 0.5) is 4.39 Å². The van der Waals surface area contributed by atoms with Crippen molar-refractivity contribution in [2.45, 2.75) is 19.8 Å². The standard InChI is InChI=1S/C11H14ClFO/c1-9-5-4-6-10(11(9)13)14-8-3-2-7-12/h4-6H,2-3,7-8H2,1H3. The molecule has 0 bridgehead atoms. The molecule has 0 fully saturated rings. The molecule has 1 nitrogen and oxygen atoms in total. The van der Waals surface area contributed by atoms with Crippen LogP contribution in [-0.2, 0) is 0 Å². The summed E-state index contributed by atoms with van der Waals surface area (Å²) in [6, 6.07) is 5.15. The van der Waals surface area contributed by atoms with Crippen molar-refractivity contribution >= 4 is 11.6 Å². The van der Waals surface area contributed by atoms with E-state index in [9.17, 15) is 4.39 Å². The van der Waals surface area contributed by atoms with Gasteiger partial charge in [0.2, 0.25) is 0 Å². The number of aryl methyl sites for hydroxylation is 1. The van der Waals surface area contributed by atoms with Gasteiger partial charge in [0.1, 0.15) is 0 Å². The fraction of sp³-hybridized carbons (Fsp3) is 0.455. The van der Waals surface area contributed by atoms with Crippen LogP contribution in [0.1, 0.15) is 18.4 Å². The Kier molecular flexibility index (Phi) is 4.74. The molecule has 0 saturated heterocycles. The van der Waals surface area contributed by atoms with E-state index in [1.54, 1.807) is 25.1 Å². The number of ether oxygens (including phenoxy) is 1. The van der Waals surface area contributed by atoms with Crippen molar-refractivity contribution in [2.24, 2.45) is 0 Å². The molecule has 1 rings (SSSR count). The van der Waals surface area contributed by atoms with Gasteiger partial charge in [0.15, 0.2) is 11.6 Å². The van der Waals surface area contributed by atoms with Gasteiger partial charge in [-0.3, -0.25) is 0 Å². The molecule has 78 valence electrons. The van der Waals surface area contributed by atoms with E-state index in [1.165, 1.54) is 0 Å². The summed E-state index contributed by atoms with van der Waals surface area (Å²) >= 11 is 5.51. The second-order valence-corrected chi connectivity index (χ2v) is 3.51. The Bertz CT molecular complexity index is 289. The predicted molar refractivity (Wildman–Crippen MR) is 56.6 cm³/mol. The van der Waals surface area contributed by atoms with E-state index in [4.69, 9.17) is 16.3 Å². The predicted octanol–water partition coefficient (Wildman–Crippen LogP) is 3.53. The third-order valence-corrected chi connectivity index (χ3v) is 2.21. The summed E-state index contributed by atoms with van der Waals surface area (Å²) in [5.74, 6) is 0.692. The topological polar surface area (TPSA) is 9.23 Å². The molecule has 1 aromatic carbocycles. The number of benzene rings is 1. The highest BCUT2D eigenvalue weighted by atomic mass is 35.5. The van der Waals surface area contributed by atoms with E-state index in [-0.39, 0.29) is 5.82 Å². The van der Waals surface area contributed by atoms with Crippen molar-refractivity contribution in [3.63, 3.8) is 0 Å². The first-order valence-corrected chi connectivity index (χ1v) is 5.23. The lowest BCUT2D eigenvalue weighted by molar-refractivity contribution is 0.294. The molecule has 0 N–H and O–H groups in total. The summed E-state index contributed by atoms with van der Waals surface area (Å²) in [7, 11) is 0. The van der Waals surface area contributed by atoms with Crippen molar-refractivity contribution < 1.29 is 9.13 Å². The lowest BCUT2D eigenvalue weighted by Crippen LogP contribution is -2.00. The van der Waals surface area contributed by atoms with E-state index in [1.807, 2.05) is 0 Å². The zero-order valence-electron chi connectivity index (χ0n) is 8.22. The zero-order chi connectivity index (χ0) is 10.4. The third-order valence-electron chi connectivity index (χ3n) is 1.94. The molecule has 0 amide bonds. The minimum atomic E-state index is -0.265. The molecular formula is C11H14ClFO. The summed E-state index contributed by atoms with van der Waals surface area (Å²) in [6.07, 6.45) is 1.76. The van der Waals surface area contributed by atoms with Crippen LogP contribution in [0.5, 0.6) is 5.75 Å². The zero-order valence-corrected chi connectivity index (χ0v) is 8.98. The van der Waals surface area contributed by atoms with Gasteiger partial charge in [-0.1, -0.05) is 12.1 Å². The molecule has 0 saturated carbocycles. The van der Waals surface area contributed by atoms with Crippen LogP contribution < -0.4 is 4.74 Å². The van der Waals surface area contributed by atoms with Crippen molar-refractivity contribution in [3.8, 4) is 5.75 Å². The van der Waals surface area contributed by atoms with Crippen LogP contribution in [0.3, 0.4) is 0 Å². The van der Waals surface area contributed by atoms with Gasteiger partial charge in [0.25, 0.3) is 0 Å². The van der Waals surface area contributed by atoms with Crippen molar-refractivity contribution in [1.82, 2.24) is 0 Å². The number of alkyl halides is 1. The van der Waals surface area contributed by atoms with Gasteiger partial charge in [-0.05, 0) is 31.4 Å². The van der Waals surface area contributed by atoms with Crippen molar-refractivity contribution in [1.29, 1.82) is 0 Å². The van der Waals surface area contributed by atoms with E-state index in [0.29, 0.717) is 23.8 Å². The lowest BCUT2D eigenvalue weighted by atomic mass is 10.2. The van der Waals surface area contributed by atoms with Crippen molar-refractivity contribution in [3.05, 3.63) is 29.6 Å². The van der Waals surface area contributed by atoms with E-state index in [2.05, 4.69) is 0 Å². The minimum Gasteiger partial charge on any atom is -0.491 e. The second kappa shape index (κ2) is 5.86. The summed E-state index contributed by atoms with van der Waals surface area (Å²) in [4.78, 5) is 0. The minimum absolute atomic E-state index is 0.265. The van der Waals surface area contributed by atoms with Gasteiger partial charge < -0.3 is 4.74 Å². The first-order chi connectivity index (χ1) is 6.75. The Labute approximate surface area is 88.8 Å². The van der Waals surface area contributed by atoms with E-state index < -0.39 is 0 Å². The van der Waals surface area contributed by atoms with Crippen LogP contribution >= 0.6 is 11.6 Å². The van der Waals surface area contributed by atoms with E-state index in [0.717, 1.165) is 12.8 Å². The van der Waals surface area contributed by atoms with Crippen LogP contribution in [0.2, 0.25) is 0 Å². The van der Waals surface area contributed by atoms with Crippen LogP contribution in [0.15, 0.2) is 18.2 Å². The van der Waals surface area contributed by atoms with Gasteiger partial charge in [0, 0.05) is 5.88 Å². The smallest absolute Gasteiger partial charge is 0.167 e. The molecule has 0 unspecified atom stereocenters. The fourth-order valence-electron chi connectivity index (χ4n) is 1.11. The van der Waals surface area contributed by atoms with Gasteiger partial charge in [-0.25, -0.2) is 4.39 Å². The molecule has 0 aliphatic rings. The Balaban J connectivity index is 2.46. The Hall–Kier alpha value is -0.760. The number of hydrogen-bond acceptors (Lipinski definition) is 1. The molecule has 0 radical (unpaired) electrons. The summed E-state index contributed by atoms with van der Waals surface area (Å²) in [5.41, 5.74) is 0.611. The number of rotatable bonds is 5. The molecule has 0 atom stereocenters. The SMILES string of the molecule is Cc1cccc(OCCCCCl)c1F. The first-order valence-electron chi connectivity index (χ1n) is 4.69. The molecule has 14 heavy (non-hydrogen) atoms. The highest BCUT2D eigenvalue weighted by molar-refractivity contribution is 6.17. The molecule has 0 aliphatic carbocycles. The van der Waals surface area contributed by atoms with Gasteiger partial charge >= 0.3 is 0 Å². The molecule has 0 aromatic heterocycles. The lowest BCUT2D eigenvalue weighted by Gasteiger charge is -2.07. The first kappa shape index (κ1) is 11.3. The van der Waals surface area contributed by atoms with Gasteiger partial charge in [-0.2, -0.15) is 0 Å². The summed E-state index contributed by atoms with van der Waals surface area (Å²) in [6.45, 7) is 2.24. The molecular weight excluding hydrogens is 203 g/mol.